The van der Waals surface area contributed by atoms with Crippen LogP contribution in [0.15, 0.2) is 0 Å². The summed E-state index contributed by atoms with van der Waals surface area (Å²) in [5.74, 6) is 1.27. The molecule has 2 aliphatic carbocycles. The molecule has 0 aromatic heterocycles. The fraction of sp³-hybridized carbons (Fsp3) is 0.941. The van der Waals surface area contributed by atoms with Gasteiger partial charge in [-0.05, 0) is 56.8 Å². The first kappa shape index (κ1) is 19.0. The highest BCUT2D eigenvalue weighted by molar-refractivity contribution is 5.85. The highest BCUT2D eigenvalue weighted by Gasteiger charge is 2.47. The molecule has 5 nitrogen and oxygen atoms in total. The third kappa shape index (κ3) is 4.00. The number of rotatable bonds is 5. The van der Waals surface area contributed by atoms with Gasteiger partial charge >= 0.3 is 0 Å². The van der Waals surface area contributed by atoms with Gasteiger partial charge in [-0.25, -0.2) is 0 Å². The Bertz CT molecular complexity index is 428. The van der Waals surface area contributed by atoms with E-state index in [-0.39, 0.29) is 18.4 Å². The summed E-state index contributed by atoms with van der Waals surface area (Å²) in [7, 11) is 0. The van der Waals surface area contributed by atoms with Gasteiger partial charge in [0.25, 0.3) is 0 Å². The zero-order valence-electron chi connectivity index (χ0n) is 13.9. The van der Waals surface area contributed by atoms with Crippen LogP contribution in [0.1, 0.15) is 51.9 Å². The summed E-state index contributed by atoms with van der Waals surface area (Å²) in [6, 6.07) is 2.61. The van der Waals surface area contributed by atoms with E-state index in [1.165, 1.54) is 0 Å². The van der Waals surface area contributed by atoms with Crippen molar-refractivity contribution in [1.29, 1.82) is 5.26 Å². The predicted molar refractivity (Wildman–Crippen MR) is 91.1 cm³/mol. The van der Waals surface area contributed by atoms with Crippen molar-refractivity contribution in [1.82, 2.24) is 10.2 Å². The number of hydrogen-bond donors (Lipinski definition) is 3. The van der Waals surface area contributed by atoms with Gasteiger partial charge < -0.3 is 15.5 Å². The molecule has 1 heterocycles. The van der Waals surface area contributed by atoms with Gasteiger partial charge in [-0.2, -0.15) is 5.26 Å². The van der Waals surface area contributed by atoms with Crippen LogP contribution in [-0.2, 0) is 0 Å². The van der Waals surface area contributed by atoms with Crippen LogP contribution in [0.25, 0.3) is 0 Å². The molecule has 3 N–H and O–H groups in total. The monoisotopic (exact) mass is 343 g/mol. The van der Waals surface area contributed by atoms with E-state index in [9.17, 15) is 10.2 Å². The molecule has 3 fully saturated rings. The second kappa shape index (κ2) is 7.67. The van der Waals surface area contributed by atoms with Gasteiger partial charge in [0, 0.05) is 19.1 Å². The van der Waals surface area contributed by atoms with Gasteiger partial charge in [-0.3, -0.25) is 4.90 Å². The van der Waals surface area contributed by atoms with Gasteiger partial charge in [0.05, 0.1) is 17.7 Å². The Labute approximate surface area is 145 Å². The van der Waals surface area contributed by atoms with Gasteiger partial charge in [0.2, 0.25) is 0 Å². The molecule has 1 aliphatic heterocycles. The van der Waals surface area contributed by atoms with E-state index in [1.807, 2.05) is 4.90 Å². The summed E-state index contributed by atoms with van der Waals surface area (Å²) in [6.07, 6.45) is 6.29. The zero-order valence-corrected chi connectivity index (χ0v) is 14.8. The van der Waals surface area contributed by atoms with Crippen LogP contribution in [0.4, 0.5) is 0 Å². The largest absolute Gasteiger partial charge is 0.390 e. The SMILES string of the molecule is CCC1(O)CC2CC(NCC(O)N3CCCC3C#N)CC2C1.Cl. The Morgan fingerprint density at radius 1 is 1.35 bits per heavy atom. The van der Waals surface area contributed by atoms with E-state index in [0.29, 0.717) is 24.4 Å². The van der Waals surface area contributed by atoms with Crippen molar-refractivity contribution in [3.8, 4) is 6.07 Å². The maximum absolute atomic E-state index is 10.4. The Morgan fingerprint density at radius 2 is 2.00 bits per heavy atom. The summed E-state index contributed by atoms with van der Waals surface area (Å²) in [6.45, 7) is 3.44. The quantitative estimate of drug-likeness (QED) is 0.707. The van der Waals surface area contributed by atoms with Crippen molar-refractivity contribution in [3.05, 3.63) is 0 Å². The Kier molecular flexibility index (Phi) is 6.32. The number of hydrogen-bond acceptors (Lipinski definition) is 5. The highest BCUT2D eigenvalue weighted by atomic mass is 35.5. The molecule has 0 amide bonds. The summed E-state index contributed by atoms with van der Waals surface area (Å²) >= 11 is 0. The molecule has 3 rings (SSSR count). The number of aliphatic hydroxyl groups excluding tert-OH is 1. The van der Waals surface area contributed by atoms with Crippen LogP contribution in [0, 0.1) is 23.2 Å². The standard InChI is InChI=1S/C17H29N3O2.ClH/c1-2-17(22)8-12-6-14(7-13(12)9-17)19-11-16(21)20-5-3-4-15(20)10-18;/h12-16,19,21-22H,2-9,11H2,1H3;1H. The first-order valence-corrected chi connectivity index (χ1v) is 8.84. The summed E-state index contributed by atoms with van der Waals surface area (Å²) in [5, 5.41) is 33.3. The molecule has 0 radical (unpaired) electrons. The van der Waals surface area contributed by atoms with Crippen LogP contribution in [0.3, 0.4) is 0 Å². The summed E-state index contributed by atoms with van der Waals surface area (Å²) < 4.78 is 0. The average molecular weight is 344 g/mol. The zero-order chi connectivity index (χ0) is 15.7. The molecular weight excluding hydrogens is 314 g/mol. The number of aliphatic hydroxyl groups is 2. The van der Waals surface area contributed by atoms with Gasteiger partial charge in [-0.1, -0.05) is 6.92 Å². The molecule has 6 heteroatoms. The number of nitrogens with one attached hydrogen (secondary N) is 1. The Morgan fingerprint density at radius 3 is 2.57 bits per heavy atom. The predicted octanol–water partition coefficient (Wildman–Crippen LogP) is 1.63. The minimum Gasteiger partial charge on any atom is -0.390 e. The van der Waals surface area contributed by atoms with E-state index < -0.39 is 11.8 Å². The van der Waals surface area contributed by atoms with E-state index in [1.54, 1.807) is 0 Å². The summed E-state index contributed by atoms with van der Waals surface area (Å²) in [4.78, 5) is 1.92. The number of nitriles is 1. The molecule has 23 heavy (non-hydrogen) atoms. The average Bonchev–Trinajstić information content (AvgIpc) is 3.17. The van der Waals surface area contributed by atoms with Gasteiger partial charge in [0.1, 0.15) is 6.23 Å². The van der Waals surface area contributed by atoms with Crippen LogP contribution >= 0.6 is 12.4 Å². The molecule has 0 spiro atoms. The first-order chi connectivity index (χ1) is 10.5. The molecular formula is C17H30ClN3O2. The van der Waals surface area contributed by atoms with E-state index in [0.717, 1.165) is 51.5 Å². The molecule has 4 atom stereocenters. The third-order valence-electron chi connectivity index (χ3n) is 6.20. The molecule has 0 aromatic rings. The number of likely N-dealkylation sites (tertiary alicyclic amines) is 1. The lowest BCUT2D eigenvalue weighted by Crippen LogP contribution is -2.46. The van der Waals surface area contributed by atoms with Gasteiger partial charge in [0.15, 0.2) is 0 Å². The second-order valence-electron chi connectivity index (χ2n) is 7.59. The maximum Gasteiger partial charge on any atom is 0.121 e. The molecule has 2 saturated carbocycles. The van der Waals surface area contributed by atoms with Crippen molar-refractivity contribution in [2.45, 2.75) is 75.8 Å². The fourth-order valence-corrected chi connectivity index (χ4v) is 4.90. The van der Waals surface area contributed by atoms with Crippen molar-refractivity contribution < 1.29 is 10.2 Å². The number of nitrogens with zero attached hydrogens (tertiary/aromatic N) is 2. The Hall–Kier alpha value is -0.380. The number of halogens is 1. The summed E-state index contributed by atoms with van der Waals surface area (Å²) in [5.41, 5.74) is -0.421. The highest BCUT2D eigenvalue weighted by Crippen LogP contribution is 2.49. The molecule has 132 valence electrons. The van der Waals surface area contributed by atoms with Crippen LogP contribution in [0.5, 0.6) is 0 Å². The lowest BCUT2D eigenvalue weighted by Gasteiger charge is -2.28. The second-order valence-corrected chi connectivity index (χ2v) is 7.59. The maximum atomic E-state index is 10.4. The van der Waals surface area contributed by atoms with Gasteiger partial charge in [-0.15, -0.1) is 12.4 Å². The fourth-order valence-electron chi connectivity index (χ4n) is 4.90. The van der Waals surface area contributed by atoms with Crippen LogP contribution in [0.2, 0.25) is 0 Å². The normalized spacial score (nSPS) is 41.3. The molecule has 1 saturated heterocycles. The van der Waals surface area contributed by atoms with Crippen molar-refractivity contribution in [2.24, 2.45) is 11.8 Å². The lowest BCUT2D eigenvalue weighted by molar-refractivity contribution is 0.00498. The smallest absolute Gasteiger partial charge is 0.121 e. The molecule has 0 bridgehead atoms. The van der Waals surface area contributed by atoms with Crippen molar-refractivity contribution in [3.63, 3.8) is 0 Å². The number of fused-ring (bicyclic) bond motifs is 1. The lowest BCUT2D eigenvalue weighted by atomic mass is 9.94. The van der Waals surface area contributed by atoms with E-state index in [2.05, 4.69) is 18.3 Å². The van der Waals surface area contributed by atoms with E-state index >= 15 is 0 Å². The molecule has 3 aliphatic rings. The minimum absolute atomic E-state index is 0. The van der Waals surface area contributed by atoms with E-state index in [4.69, 9.17) is 5.26 Å². The molecule has 4 unspecified atom stereocenters. The minimum atomic E-state index is -0.555. The topological polar surface area (TPSA) is 79.5 Å². The van der Waals surface area contributed by atoms with Crippen LogP contribution < -0.4 is 5.32 Å². The van der Waals surface area contributed by atoms with Crippen LogP contribution in [-0.4, -0.2) is 52.1 Å². The van der Waals surface area contributed by atoms with Crippen molar-refractivity contribution >= 4 is 12.4 Å². The Balaban J connectivity index is 0.00000192. The van der Waals surface area contributed by atoms with Crippen molar-refractivity contribution in [2.75, 3.05) is 13.1 Å². The first-order valence-electron chi connectivity index (χ1n) is 8.84. The molecule has 0 aromatic carbocycles. The third-order valence-corrected chi connectivity index (χ3v) is 6.20.